The first kappa shape index (κ1) is 17.8. The van der Waals surface area contributed by atoms with E-state index in [9.17, 15) is 0 Å². The predicted octanol–water partition coefficient (Wildman–Crippen LogP) is 4.57. The maximum Gasteiger partial charge on any atom is 0.137 e. The number of benzene rings is 2. The van der Waals surface area contributed by atoms with Gasteiger partial charge in [0.1, 0.15) is 5.75 Å². The normalized spacial score (nSPS) is 20.9. The minimum atomic E-state index is 0.210. The molecule has 0 radical (unpaired) electrons. The number of hydrogen-bond donors (Lipinski definition) is 0. The molecule has 0 aromatic heterocycles. The second kappa shape index (κ2) is 8.43. The van der Waals surface area contributed by atoms with E-state index in [2.05, 4.69) is 41.3 Å². The molecule has 2 fully saturated rings. The van der Waals surface area contributed by atoms with Crippen molar-refractivity contribution in [3.8, 4) is 5.75 Å². The van der Waals surface area contributed by atoms with Crippen LogP contribution in [0.5, 0.6) is 5.75 Å². The third-order valence-corrected chi connectivity index (χ3v) is 5.40. The maximum atomic E-state index is 6.41. The standard InChI is InChI=1S/C22H26ClNO2/c23-21-13-19(8-9-22(21)26-16-18-6-7-18)12-20-15-24(10-11-25-20)14-17-4-2-1-3-5-17/h1-5,8-9,13,18,20H,6-7,10-12,14-16H2/t20-/m1/s1. The Labute approximate surface area is 160 Å². The van der Waals surface area contributed by atoms with Gasteiger partial charge in [-0.05, 0) is 48.4 Å². The zero-order valence-corrected chi connectivity index (χ0v) is 15.8. The molecule has 0 spiro atoms. The summed E-state index contributed by atoms with van der Waals surface area (Å²) in [4.78, 5) is 2.47. The molecule has 2 aromatic rings. The zero-order valence-electron chi connectivity index (χ0n) is 15.1. The highest BCUT2D eigenvalue weighted by Gasteiger charge is 2.23. The lowest BCUT2D eigenvalue weighted by atomic mass is 10.1. The Kier molecular flexibility index (Phi) is 5.78. The van der Waals surface area contributed by atoms with Crippen LogP contribution in [0.15, 0.2) is 48.5 Å². The van der Waals surface area contributed by atoms with E-state index in [-0.39, 0.29) is 6.10 Å². The van der Waals surface area contributed by atoms with Crippen LogP contribution < -0.4 is 4.74 Å². The van der Waals surface area contributed by atoms with Gasteiger partial charge in [0.05, 0.1) is 24.3 Å². The fourth-order valence-electron chi connectivity index (χ4n) is 3.43. The molecule has 1 aliphatic heterocycles. The smallest absolute Gasteiger partial charge is 0.137 e. The van der Waals surface area contributed by atoms with Gasteiger partial charge in [-0.1, -0.05) is 48.0 Å². The topological polar surface area (TPSA) is 21.7 Å². The van der Waals surface area contributed by atoms with Crippen LogP contribution in [0.2, 0.25) is 5.02 Å². The average molecular weight is 372 g/mol. The van der Waals surface area contributed by atoms with E-state index < -0.39 is 0 Å². The molecule has 1 saturated carbocycles. The first-order valence-electron chi connectivity index (χ1n) is 9.55. The lowest BCUT2D eigenvalue weighted by molar-refractivity contribution is -0.0304. The molecule has 1 aliphatic carbocycles. The Balaban J connectivity index is 1.32. The van der Waals surface area contributed by atoms with E-state index in [1.165, 1.54) is 24.0 Å². The quantitative estimate of drug-likeness (QED) is 0.711. The number of rotatable bonds is 7. The molecule has 1 heterocycles. The van der Waals surface area contributed by atoms with Crippen LogP contribution in [0.3, 0.4) is 0 Å². The third-order valence-electron chi connectivity index (χ3n) is 5.10. The van der Waals surface area contributed by atoms with Crippen molar-refractivity contribution in [2.45, 2.75) is 31.9 Å². The van der Waals surface area contributed by atoms with E-state index in [1.807, 2.05) is 12.1 Å². The fraction of sp³-hybridized carbons (Fsp3) is 0.455. The first-order valence-corrected chi connectivity index (χ1v) is 9.93. The fourth-order valence-corrected chi connectivity index (χ4v) is 3.69. The average Bonchev–Trinajstić information content (AvgIpc) is 3.47. The van der Waals surface area contributed by atoms with E-state index in [0.717, 1.165) is 50.9 Å². The van der Waals surface area contributed by atoms with Gasteiger partial charge in [0.15, 0.2) is 0 Å². The van der Waals surface area contributed by atoms with Gasteiger partial charge in [0, 0.05) is 19.6 Å². The predicted molar refractivity (Wildman–Crippen MR) is 105 cm³/mol. The summed E-state index contributed by atoms with van der Waals surface area (Å²) in [7, 11) is 0. The third kappa shape index (κ3) is 5.00. The highest BCUT2D eigenvalue weighted by Crippen LogP contribution is 2.32. The molecule has 0 unspecified atom stereocenters. The molecule has 1 saturated heterocycles. The van der Waals surface area contributed by atoms with Gasteiger partial charge in [-0.3, -0.25) is 4.90 Å². The van der Waals surface area contributed by atoms with Crippen LogP contribution >= 0.6 is 11.6 Å². The summed E-state index contributed by atoms with van der Waals surface area (Å²) >= 11 is 6.41. The Bertz CT molecular complexity index is 717. The Morgan fingerprint density at radius 3 is 2.69 bits per heavy atom. The summed E-state index contributed by atoms with van der Waals surface area (Å²) in [6, 6.07) is 16.8. The van der Waals surface area contributed by atoms with Crippen molar-refractivity contribution in [1.82, 2.24) is 4.90 Å². The van der Waals surface area contributed by atoms with Crippen molar-refractivity contribution >= 4 is 11.6 Å². The van der Waals surface area contributed by atoms with Gasteiger partial charge in [-0.2, -0.15) is 0 Å². The minimum Gasteiger partial charge on any atom is -0.492 e. The molecule has 3 nitrogen and oxygen atoms in total. The molecule has 26 heavy (non-hydrogen) atoms. The van der Waals surface area contributed by atoms with Gasteiger partial charge < -0.3 is 9.47 Å². The summed E-state index contributed by atoms with van der Waals surface area (Å²) in [6.07, 6.45) is 3.66. The summed E-state index contributed by atoms with van der Waals surface area (Å²) in [6.45, 7) is 4.50. The van der Waals surface area contributed by atoms with Crippen LogP contribution in [0.1, 0.15) is 24.0 Å². The lowest BCUT2D eigenvalue weighted by Crippen LogP contribution is -2.42. The van der Waals surface area contributed by atoms with Crippen LogP contribution in [0.25, 0.3) is 0 Å². The zero-order chi connectivity index (χ0) is 17.8. The molecular weight excluding hydrogens is 346 g/mol. The highest BCUT2D eigenvalue weighted by molar-refractivity contribution is 6.32. The van der Waals surface area contributed by atoms with Gasteiger partial charge in [0.2, 0.25) is 0 Å². The van der Waals surface area contributed by atoms with Crippen LogP contribution in [0, 0.1) is 5.92 Å². The second-order valence-corrected chi connectivity index (χ2v) is 7.84. The second-order valence-electron chi connectivity index (χ2n) is 7.44. The van der Waals surface area contributed by atoms with Crippen LogP contribution in [-0.2, 0) is 17.7 Å². The number of halogens is 1. The molecule has 0 amide bonds. The monoisotopic (exact) mass is 371 g/mol. The highest BCUT2D eigenvalue weighted by atomic mass is 35.5. The maximum absolute atomic E-state index is 6.41. The SMILES string of the molecule is Clc1cc(C[C@@H]2CN(Cc3ccccc3)CCO2)ccc1OCC1CC1. The van der Waals surface area contributed by atoms with E-state index in [1.54, 1.807) is 0 Å². The molecule has 0 N–H and O–H groups in total. The van der Waals surface area contributed by atoms with Gasteiger partial charge in [0.25, 0.3) is 0 Å². The van der Waals surface area contributed by atoms with E-state index in [0.29, 0.717) is 5.02 Å². The molecule has 2 aliphatic rings. The molecule has 138 valence electrons. The molecule has 4 rings (SSSR count). The van der Waals surface area contributed by atoms with E-state index >= 15 is 0 Å². The minimum absolute atomic E-state index is 0.210. The van der Waals surface area contributed by atoms with Crippen molar-refractivity contribution in [1.29, 1.82) is 0 Å². The van der Waals surface area contributed by atoms with Crippen molar-refractivity contribution < 1.29 is 9.47 Å². The van der Waals surface area contributed by atoms with Gasteiger partial charge in [-0.15, -0.1) is 0 Å². The van der Waals surface area contributed by atoms with Crippen LogP contribution in [-0.4, -0.2) is 37.3 Å². The number of hydrogen-bond acceptors (Lipinski definition) is 3. The number of nitrogens with zero attached hydrogens (tertiary/aromatic N) is 1. The van der Waals surface area contributed by atoms with Gasteiger partial charge in [-0.25, -0.2) is 0 Å². The number of ether oxygens (including phenoxy) is 2. The summed E-state index contributed by atoms with van der Waals surface area (Å²) in [5.74, 6) is 1.54. The summed E-state index contributed by atoms with van der Waals surface area (Å²) < 4.78 is 11.8. The Morgan fingerprint density at radius 2 is 1.92 bits per heavy atom. The number of morpholine rings is 1. The summed E-state index contributed by atoms with van der Waals surface area (Å²) in [5, 5.41) is 0.708. The van der Waals surface area contributed by atoms with Crippen molar-refractivity contribution in [2.75, 3.05) is 26.3 Å². The molecular formula is C22H26ClNO2. The van der Waals surface area contributed by atoms with E-state index in [4.69, 9.17) is 21.1 Å². The lowest BCUT2D eigenvalue weighted by Gasteiger charge is -2.33. The summed E-state index contributed by atoms with van der Waals surface area (Å²) in [5.41, 5.74) is 2.56. The van der Waals surface area contributed by atoms with Crippen molar-refractivity contribution in [3.63, 3.8) is 0 Å². The van der Waals surface area contributed by atoms with Crippen molar-refractivity contribution in [3.05, 3.63) is 64.7 Å². The van der Waals surface area contributed by atoms with Gasteiger partial charge >= 0.3 is 0 Å². The van der Waals surface area contributed by atoms with Crippen LogP contribution in [0.4, 0.5) is 0 Å². The molecule has 1 atom stereocenters. The molecule has 4 heteroatoms. The van der Waals surface area contributed by atoms with Crippen molar-refractivity contribution in [2.24, 2.45) is 5.92 Å². The molecule has 0 bridgehead atoms. The molecule has 2 aromatic carbocycles. The Morgan fingerprint density at radius 1 is 1.08 bits per heavy atom. The first-order chi connectivity index (χ1) is 12.8. The Hall–Kier alpha value is -1.55. The largest absolute Gasteiger partial charge is 0.492 e.